The number of nitrogens with zero attached hydrogens (tertiary/aromatic N) is 4. The maximum atomic E-state index is 12.1. The molecule has 1 aliphatic rings. The van der Waals surface area contributed by atoms with E-state index >= 15 is 0 Å². The summed E-state index contributed by atoms with van der Waals surface area (Å²) >= 11 is 0. The molecule has 1 amide bonds. The number of likely N-dealkylation sites (N-methyl/N-ethyl adjacent to an activating group) is 1. The first-order chi connectivity index (χ1) is 11.2. The lowest BCUT2D eigenvalue weighted by Gasteiger charge is -2.22. The van der Waals surface area contributed by atoms with Crippen LogP contribution in [0.1, 0.15) is 12.5 Å². The van der Waals surface area contributed by atoms with Gasteiger partial charge in [-0.05, 0) is 18.7 Å². The molecular weight excluding hydrogens is 292 g/mol. The largest absolute Gasteiger partial charge is 0.443 e. The summed E-state index contributed by atoms with van der Waals surface area (Å²) in [7, 11) is 1.91. The molecule has 6 heteroatoms. The van der Waals surface area contributed by atoms with Crippen LogP contribution in [0.25, 0.3) is 0 Å². The highest BCUT2D eigenvalue weighted by Gasteiger charge is 2.33. The Bertz CT molecular complexity index is 656. The predicted octanol–water partition coefficient (Wildman–Crippen LogP) is 2.27. The zero-order chi connectivity index (χ0) is 16.2. The van der Waals surface area contributed by atoms with Gasteiger partial charge >= 0.3 is 6.09 Å². The van der Waals surface area contributed by atoms with Crippen molar-refractivity contribution >= 4 is 11.8 Å². The Morgan fingerprint density at radius 3 is 2.78 bits per heavy atom. The predicted molar refractivity (Wildman–Crippen MR) is 88.2 cm³/mol. The maximum Gasteiger partial charge on any atom is 0.414 e. The Kier molecular flexibility index (Phi) is 4.62. The summed E-state index contributed by atoms with van der Waals surface area (Å²) in [6, 6.07) is 9.65. The van der Waals surface area contributed by atoms with E-state index in [1.807, 2.05) is 49.8 Å². The molecule has 1 atom stereocenters. The van der Waals surface area contributed by atoms with Gasteiger partial charge in [-0.25, -0.2) is 4.79 Å². The average molecular weight is 314 g/mol. The van der Waals surface area contributed by atoms with Crippen LogP contribution in [-0.2, 0) is 18.3 Å². The number of aromatic nitrogens is 2. The molecule has 1 aromatic heterocycles. The summed E-state index contributed by atoms with van der Waals surface area (Å²) in [5.74, 6) is 0. The Labute approximate surface area is 136 Å². The van der Waals surface area contributed by atoms with Gasteiger partial charge in [0.2, 0.25) is 0 Å². The van der Waals surface area contributed by atoms with Crippen LogP contribution in [0.5, 0.6) is 0 Å². The normalized spacial score (nSPS) is 17.8. The topological polar surface area (TPSA) is 50.6 Å². The van der Waals surface area contributed by atoms with Gasteiger partial charge in [0.05, 0.1) is 12.7 Å². The molecule has 122 valence electrons. The summed E-state index contributed by atoms with van der Waals surface area (Å²) in [5.41, 5.74) is 2.05. The molecule has 2 aromatic rings. The van der Waals surface area contributed by atoms with Crippen LogP contribution in [0.2, 0.25) is 0 Å². The molecule has 0 bridgehead atoms. The highest BCUT2D eigenvalue weighted by molar-refractivity contribution is 5.89. The van der Waals surface area contributed by atoms with Crippen LogP contribution in [0.4, 0.5) is 10.5 Å². The van der Waals surface area contributed by atoms with Crippen molar-refractivity contribution in [3.63, 3.8) is 0 Å². The molecule has 0 N–H and O–H groups in total. The summed E-state index contributed by atoms with van der Waals surface area (Å²) in [5, 5.41) is 4.20. The van der Waals surface area contributed by atoms with Gasteiger partial charge < -0.3 is 4.74 Å². The van der Waals surface area contributed by atoms with Gasteiger partial charge in [0.1, 0.15) is 6.10 Å². The number of amides is 1. The van der Waals surface area contributed by atoms with Crippen LogP contribution in [-0.4, -0.2) is 46.5 Å². The number of carbonyl (C=O) groups is 1. The van der Waals surface area contributed by atoms with Crippen LogP contribution in [0.15, 0.2) is 42.7 Å². The lowest BCUT2D eigenvalue weighted by Crippen LogP contribution is -2.34. The minimum absolute atomic E-state index is 0.112. The van der Waals surface area contributed by atoms with Crippen LogP contribution < -0.4 is 4.90 Å². The number of ether oxygens (including phenoxy) is 1. The van der Waals surface area contributed by atoms with Crippen molar-refractivity contribution in [3.8, 4) is 0 Å². The number of rotatable bonds is 6. The van der Waals surface area contributed by atoms with Crippen LogP contribution in [0.3, 0.4) is 0 Å². The number of para-hydroxylation sites is 1. The molecular formula is C17H22N4O2. The molecule has 2 heterocycles. The van der Waals surface area contributed by atoms with E-state index in [1.54, 1.807) is 9.58 Å². The van der Waals surface area contributed by atoms with Gasteiger partial charge in [0.25, 0.3) is 0 Å². The van der Waals surface area contributed by atoms with E-state index in [0.717, 1.165) is 25.3 Å². The number of aryl methyl sites for hydroxylation is 1. The molecule has 1 fully saturated rings. The fourth-order valence-corrected chi connectivity index (χ4v) is 2.84. The summed E-state index contributed by atoms with van der Waals surface area (Å²) in [6.07, 6.45) is 3.51. The van der Waals surface area contributed by atoms with Crippen molar-refractivity contribution < 1.29 is 9.53 Å². The first kappa shape index (κ1) is 15.6. The summed E-state index contributed by atoms with van der Waals surface area (Å²) in [6.45, 7) is 5.13. The third-order valence-electron chi connectivity index (χ3n) is 4.02. The number of benzene rings is 1. The average Bonchev–Trinajstić information content (AvgIpc) is 3.13. The molecule has 0 saturated carbocycles. The number of hydrogen-bond acceptors (Lipinski definition) is 4. The van der Waals surface area contributed by atoms with Crippen molar-refractivity contribution in [1.29, 1.82) is 0 Å². The summed E-state index contributed by atoms with van der Waals surface area (Å²) in [4.78, 5) is 16.1. The summed E-state index contributed by atoms with van der Waals surface area (Å²) < 4.78 is 7.33. The van der Waals surface area contributed by atoms with Gasteiger partial charge in [0, 0.05) is 37.6 Å². The minimum Gasteiger partial charge on any atom is -0.443 e. The molecule has 1 unspecified atom stereocenters. The van der Waals surface area contributed by atoms with Crippen molar-refractivity contribution in [1.82, 2.24) is 14.7 Å². The van der Waals surface area contributed by atoms with Gasteiger partial charge in [-0.15, -0.1) is 0 Å². The lowest BCUT2D eigenvalue weighted by molar-refractivity contribution is 0.108. The van der Waals surface area contributed by atoms with E-state index < -0.39 is 0 Å². The molecule has 6 nitrogen and oxygen atoms in total. The fraction of sp³-hybridized carbons (Fsp3) is 0.412. The minimum atomic E-state index is -0.265. The maximum absolute atomic E-state index is 12.1. The van der Waals surface area contributed by atoms with Crippen LogP contribution >= 0.6 is 0 Å². The molecule has 23 heavy (non-hydrogen) atoms. The third kappa shape index (κ3) is 3.71. The molecule has 1 aliphatic heterocycles. The van der Waals surface area contributed by atoms with Crippen LogP contribution in [0, 0.1) is 0 Å². The third-order valence-corrected chi connectivity index (χ3v) is 4.02. The zero-order valence-corrected chi connectivity index (χ0v) is 13.6. The van der Waals surface area contributed by atoms with Gasteiger partial charge in [-0.3, -0.25) is 14.5 Å². The van der Waals surface area contributed by atoms with Gasteiger partial charge in [-0.1, -0.05) is 25.1 Å². The van der Waals surface area contributed by atoms with E-state index in [0.29, 0.717) is 6.54 Å². The van der Waals surface area contributed by atoms with E-state index in [1.165, 1.54) is 5.56 Å². The van der Waals surface area contributed by atoms with Crippen molar-refractivity contribution in [2.24, 2.45) is 7.05 Å². The quantitative estimate of drug-likeness (QED) is 0.821. The number of carbonyl (C=O) groups excluding carboxylic acids is 1. The monoisotopic (exact) mass is 314 g/mol. The highest BCUT2D eigenvalue weighted by atomic mass is 16.6. The molecule has 0 spiro atoms. The van der Waals surface area contributed by atoms with E-state index in [9.17, 15) is 4.79 Å². The Morgan fingerprint density at radius 1 is 1.35 bits per heavy atom. The standard InChI is InChI=1S/C17H22N4O2/c1-3-20(11-14-9-18-19(2)10-14)12-16-13-21(17(22)23-16)15-7-5-4-6-8-15/h4-10,16H,3,11-13H2,1-2H3. The van der Waals surface area contributed by atoms with E-state index in [-0.39, 0.29) is 12.2 Å². The SMILES string of the molecule is CCN(Cc1cnn(C)c1)CC1CN(c2ccccc2)C(=O)O1. The van der Waals surface area contributed by atoms with E-state index in [4.69, 9.17) is 4.74 Å². The second kappa shape index (κ2) is 6.83. The van der Waals surface area contributed by atoms with Crippen molar-refractivity contribution in [3.05, 3.63) is 48.3 Å². The number of cyclic esters (lactones) is 1. The fourth-order valence-electron chi connectivity index (χ4n) is 2.84. The molecule has 1 aromatic carbocycles. The second-order valence-corrected chi connectivity index (χ2v) is 5.80. The second-order valence-electron chi connectivity index (χ2n) is 5.80. The Morgan fingerprint density at radius 2 is 2.13 bits per heavy atom. The zero-order valence-electron chi connectivity index (χ0n) is 13.6. The molecule has 0 radical (unpaired) electrons. The molecule has 3 rings (SSSR count). The number of anilines is 1. The van der Waals surface area contributed by atoms with Gasteiger partial charge in [0.15, 0.2) is 0 Å². The molecule has 1 saturated heterocycles. The smallest absolute Gasteiger partial charge is 0.414 e. The Balaban J connectivity index is 1.60. The van der Waals surface area contributed by atoms with E-state index in [2.05, 4.69) is 16.9 Å². The first-order valence-electron chi connectivity index (χ1n) is 7.88. The number of hydrogen-bond donors (Lipinski definition) is 0. The molecule has 0 aliphatic carbocycles. The first-order valence-corrected chi connectivity index (χ1v) is 7.88. The Hall–Kier alpha value is -2.34. The van der Waals surface area contributed by atoms with Gasteiger partial charge in [-0.2, -0.15) is 5.10 Å². The van der Waals surface area contributed by atoms with Crippen molar-refractivity contribution in [2.45, 2.75) is 19.6 Å². The van der Waals surface area contributed by atoms with Crippen molar-refractivity contribution in [2.75, 3.05) is 24.5 Å². The lowest BCUT2D eigenvalue weighted by atomic mass is 10.2. The highest BCUT2D eigenvalue weighted by Crippen LogP contribution is 2.21.